The third kappa shape index (κ3) is 6.43. The molecular weight excluding hydrogens is 544 g/mol. The van der Waals surface area contributed by atoms with E-state index < -0.39 is 0 Å². The number of aromatic nitrogens is 2. The van der Waals surface area contributed by atoms with E-state index >= 15 is 0 Å². The van der Waals surface area contributed by atoms with Gasteiger partial charge in [-0.2, -0.15) is 5.26 Å². The molecular formula is C27H21ClN4O4S2. The van der Waals surface area contributed by atoms with Gasteiger partial charge in [0, 0.05) is 27.3 Å². The van der Waals surface area contributed by atoms with Crippen molar-refractivity contribution in [2.45, 2.75) is 10.8 Å². The number of aliphatic hydroxyl groups excluding tert-OH is 2. The lowest BCUT2D eigenvalue weighted by Crippen LogP contribution is -2.05. The number of thioether (sulfide) groups is 1. The highest BCUT2D eigenvalue weighted by Gasteiger charge is 2.23. The number of benzene rings is 2. The van der Waals surface area contributed by atoms with Crippen LogP contribution in [0.2, 0.25) is 5.02 Å². The maximum Gasteiger partial charge on any atom is 0.256 e. The summed E-state index contributed by atoms with van der Waals surface area (Å²) in [5, 5.41) is 32.2. The first-order chi connectivity index (χ1) is 18.6. The molecule has 2 heterocycles. The Balaban J connectivity index is 1.69. The summed E-state index contributed by atoms with van der Waals surface area (Å²) >= 11 is 8.82. The molecule has 192 valence electrons. The maximum atomic E-state index is 10.1. The van der Waals surface area contributed by atoms with Gasteiger partial charge in [-0.3, -0.25) is 0 Å². The number of pyridine rings is 1. The first kappa shape index (κ1) is 27.4. The molecule has 0 amide bonds. The second kappa shape index (κ2) is 13.2. The molecule has 0 saturated heterocycles. The van der Waals surface area contributed by atoms with Gasteiger partial charge in [-0.05, 0) is 29.8 Å². The van der Waals surface area contributed by atoms with Crippen LogP contribution in [0.3, 0.4) is 0 Å². The Hall–Kier alpha value is -3.64. The maximum absolute atomic E-state index is 10.1. The molecule has 38 heavy (non-hydrogen) atoms. The number of ether oxygens (including phenoxy) is 2. The molecule has 0 fully saturated rings. The van der Waals surface area contributed by atoms with Crippen molar-refractivity contribution in [3.63, 3.8) is 0 Å². The zero-order valence-electron chi connectivity index (χ0n) is 19.9. The van der Waals surface area contributed by atoms with Crippen molar-refractivity contribution in [1.29, 1.82) is 5.26 Å². The van der Waals surface area contributed by atoms with Gasteiger partial charge in [0.1, 0.15) is 35.1 Å². The Morgan fingerprint density at radius 2 is 1.68 bits per heavy atom. The summed E-state index contributed by atoms with van der Waals surface area (Å²) < 4.78 is 11.0. The van der Waals surface area contributed by atoms with E-state index in [-0.39, 0.29) is 43.6 Å². The predicted octanol–water partition coefficient (Wildman–Crippen LogP) is 5.98. The standard InChI is InChI=1S/C27H21ClN4O4S2/c1-30-24-23(17-4-8-21(9-5-17)35-12-10-33)22(14-29)27(32-25(24)36-13-11-34)38-16-20-15-37-26(31-20)18-2-6-19(28)7-3-18/h2-9,15,33-34H,10-13,16H2. The zero-order chi connectivity index (χ0) is 26.9. The van der Waals surface area contributed by atoms with E-state index in [0.717, 1.165) is 16.3 Å². The highest BCUT2D eigenvalue weighted by Crippen LogP contribution is 2.44. The van der Waals surface area contributed by atoms with Crippen molar-refractivity contribution in [3.05, 3.63) is 81.6 Å². The molecule has 0 spiro atoms. The van der Waals surface area contributed by atoms with Crippen molar-refractivity contribution in [2.24, 2.45) is 0 Å². The summed E-state index contributed by atoms with van der Waals surface area (Å²) in [6, 6.07) is 16.5. The molecule has 2 aromatic heterocycles. The molecule has 0 aliphatic heterocycles. The third-order valence-electron chi connectivity index (χ3n) is 5.16. The SMILES string of the molecule is [C-]#[N+]c1c(OCCO)nc(SCc2csc(-c3ccc(Cl)cc3)n2)c(C#N)c1-c1ccc(OCCO)cc1. The minimum absolute atomic E-state index is 0.0462. The number of halogens is 1. The van der Waals surface area contributed by atoms with Crippen molar-refractivity contribution < 1.29 is 19.7 Å². The molecule has 0 saturated carbocycles. The molecule has 0 aliphatic rings. The molecule has 11 heteroatoms. The van der Waals surface area contributed by atoms with Gasteiger partial charge in [-0.15, -0.1) is 11.3 Å². The van der Waals surface area contributed by atoms with Crippen LogP contribution >= 0.6 is 34.7 Å². The Kier molecular flexibility index (Phi) is 9.55. The number of hydrogen-bond donors (Lipinski definition) is 2. The fraction of sp³-hybridized carbons (Fsp3) is 0.185. The Labute approximate surface area is 232 Å². The highest BCUT2D eigenvalue weighted by atomic mass is 35.5. The van der Waals surface area contributed by atoms with E-state index in [1.807, 2.05) is 29.6 Å². The van der Waals surface area contributed by atoms with Crippen LogP contribution in [0.15, 0.2) is 58.9 Å². The molecule has 0 unspecified atom stereocenters. The lowest BCUT2D eigenvalue weighted by atomic mass is 10.00. The first-order valence-electron chi connectivity index (χ1n) is 11.3. The number of hydrogen-bond acceptors (Lipinski definition) is 9. The number of rotatable bonds is 11. The first-order valence-corrected chi connectivity index (χ1v) is 13.6. The van der Waals surface area contributed by atoms with Gasteiger partial charge < -0.3 is 19.7 Å². The summed E-state index contributed by atoms with van der Waals surface area (Å²) in [5.74, 6) is 1.04. The van der Waals surface area contributed by atoms with Crippen molar-refractivity contribution in [3.8, 4) is 39.4 Å². The summed E-state index contributed by atoms with van der Waals surface area (Å²) in [6.45, 7) is 7.52. The third-order valence-corrected chi connectivity index (χ3v) is 7.36. The van der Waals surface area contributed by atoms with E-state index in [9.17, 15) is 10.4 Å². The smallest absolute Gasteiger partial charge is 0.256 e. The van der Waals surface area contributed by atoms with Gasteiger partial charge in [-0.25, -0.2) is 14.8 Å². The number of nitriles is 1. The molecule has 8 nitrogen and oxygen atoms in total. The molecule has 0 radical (unpaired) electrons. The Morgan fingerprint density at radius 3 is 2.34 bits per heavy atom. The van der Waals surface area contributed by atoms with E-state index in [4.69, 9.17) is 37.7 Å². The second-order valence-corrected chi connectivity index (χ2v) is 9.91. The summed E-state index contributed by atoms with van der Waals surface area (Å²) in [5.41, 5.74) is 3.11. The monoisotopic (exact) mass is 564 g/mol. The van der Waals surface area contributed by atoms with Crippen molar-refractivity contribution >= 4 is 40.4 Å². The van der Waals surface area contributed by atoms with Crippen LogP contribution in [0, 0.1) is 17.9 Å². The van der Waals surface area contributed by atoms with Crippen LogP contribution in [0.1, 0.15) is 11.3 Å². The minimum Gasteiger partial charge on any atom is -0.491 e. The highest BCUT2D eigenvalue weighted by molar-refractivity contribution is 7.98. The second-order valence-electron chi connectivity index (χ2n) is 7.65. The van der Waals surface area contributed by atoms with E-state index in [1.54, 1.807) is 24.3 Å². The Bertz CT molecular complexity index is 1480. The van der Waals surface area contributed by atoms with Crippen LogP contribution in [0.4, 0.5) is 5.69 Å². The number of nitrogens with zero attached hydrogens (tertiary/aromatic N) is 4. The number of thiazole rings is 1. The summed E-state index contributed by atoms with van der Waals surface area (Å²) in [4.78, 5) is 12.8. The zero-order valence-corrected chi connectivity index (χ0v) is 22.3. The average molecular weight is 565 g/mol. The minimum atomic E-state index is -0.250. The largest absolute Gasteiger partial charge is 0.491 e. The average Bonchev–Trinajstić information content (AvgIpc) is 3.43. The van der Waals surface area contributed by atoms with Crippen LogP contribution < -0.4 is 9.47 Å². The fourth-order valence-corrected chi connectivity index (χ4v) is 5.42. The molecule has 2 N–H and O–H groups in total. The lowest BCUT2D eigenvalue weighted by Gasteiger charge is -2.15. The van der Waals surface area contributed by atoms with E-state index in [1.165, 1.54) is 23.1 Å². The molecule has 0 atom stereocenters. The van der Waals surface area contributed by atoms with Crippen LogP contribution in [-0.2, 0) is 5.75 Å². The van der Waals surface area contributed by atoms with Crippen LogP contribution in [-0.4, -0.2) is 46.6 Å². The molecule has 4 aromatic rings. The van der Waals surface area contributed by atoms with E-state index in [0.29, 0.717) is 32.7 Å². The Morgan fingerprint density at radius 1 is 1.00 bits per heavy atom. The van der Waals surface area contributed by atoms with E-state index in [2.05, 4.69) is 15.9 Å². The predicted molar refractivity (Wildman–Crippen MR) is 148 cm³/mol. The summed E-state index contributed by atoms with van der Waals surface area (Å²) in [6.07, 6.45) is 0. The summed E-state index contributed by atoms with van der Waals surface area (Å²) in [7, 11) is 0. The van der Waals surface area contributed by atoms with Gasteiger partial charge in [-0.1, -0.05) is 47.6 Å². The number of aliphatic hydroxyl groups is 2. The lowest BCUT2D eigenvalue weighted by molar-refractivity contribution is 0.197. The topological polar surface area (TPSA) is 113 Å². The molecule has 0 aliphatic carbocycles. The van der Waals surface area contributed by atoms with Gasteiger partial charge >= 0.3 is 0 Å². The van der Waals surface area contributed by atoms with Crippen molar-refractivity contribution in [2.75, 3.05) is 26.4 Å². The quantitative estimate of drug-likeness (QED) is 0.169. The molecule has 4 rings (SSSR count). The molecule has 0 bridgehead atoms. The van der Waals surface area contributed by atoms with Gasteiger partial charge in [0.05, 0.1) is 31.0 Å². The van der Waals surface area contributed by atoms with Crippen molar-refractivity contribution in [1.82, 2.24) is 9.97 Å². The fourth-order valence-electron chi connectivity index (χ4n) is 3.49. The molecule has 2 aromatic carbocycles. The van der Waals surface area contributed by atoms with Gasteiger partial charge in [0.2, 0.25) is 5.88 Å². The van der Waals surface area contributed by atoms with Crippen LogP contribution in [0.5, 0.6) is 11.6 Å². The van der Waals surface area contributed by atoms with Gasteiger partial charge in [0.25, 0.3) is 5.69 Å². The normalized spacial score (nSPS) is 10.6. The van der Waals surface area contributed by atoms with Gasteiger partial charge in [0.15, 0.2) is 0 Å². The van der Waals surface area contributed by atoms with Crippen LogP contribution in [0.25, 0.3) is 26.5 Å².